The molecule has 3 rings (SSSR count). The Hall–Kier alpha value is -2.12. The Morgan fingerprint density at radius 2 is 2.14 bits per heavy atom. The van der Waals surface area contributed by atoms with Gasteiger partial charge in [-0.25, -0.2) is 0 Å². The molecule has 7 heteroatoms. The highest BCUT2D eigenvalue weighted by Gasteiger charge is 2.30. The van der Waals surface area contributed by atoms with Gasteiger partial charge in [0, 0.05) is 44.5 Å². The number of aryl methyl sites for hydroxylation is 1. The van der Waals surface area contributed by atoms with Crippen molar-refractivity contribution < 1.29 is 9.21 Å². The monoisotopic (exact) mass is 401 g/mol. The number of nitrogens with one attached hydrogen (secondary N) is 1. The fourth-order valence-corrected chi connectivity index (χ4v) is 4.36. The van der Waals surface area contributed by atoms with Crippen LogP contribution in [0.5, 0.6) is 0 Å². The highest BCUT2D eigenvalue weighted by atomic mass is 16.3. The number of hydrogen-bond acceptors (Lipinski definition) is 5. The van der Waals surface area contributed by atoms with Gasteiger partial charge in [0.2, 0.25) is 0 Å². The van der Waals surface area contributed by atoms with Gasteiger partial charge in [0.15, 0.2) is 5.69 Å². The molecule has 0 spiro atoms. The SMILES string of the molecule is CN(C)CC(C)(C)CN[C@@H]1CCc2c(c(C(=O)N(C)Cc3ccco3)nn2C)C1. The quantitative estimate of drug-likeness (QED) is 0.735. The molecule has 1 atom stereocenters. The molecule has 2 heterocycles. The first-order valence-corrected chi connectivity index (χ1v) is 10.4. The summed E-state index contributed by atoms with van der Waals surface area (Å²) >= 11 is 0. The molecule has 0 aliphatic heterocycles. The van der Waals surface area contributed by atoms with E-state index in [-0.39, 0.29) is 11.3 Å². The lowest BCUT2D eigenvalue weighted by Gasteiger charge is -2.32. The van der Waals surface area contributed by atoms with Crippen molar-refractivity contribution in [3.63, 3.8) is 0 Å². The zero-order valence-electron chi connectivity index (χ0n) is 18.7. The minimum absolute atomic E-state index is 0.0492. The van der Waals surface area contributed by atoms with Crippen molar-refractivity contribution in [1.29, 1.82) is 0 Å². The molecule has 1 N–H and O–H groups in total. The molecule has 1 aliphatic carbocycles. The van der Waals surface area contributed by atoms with Gasteiger partial charge in [-0.2, -0.15) is 5.10 Å². The van der Waals surface area contributed by atoms with Gasteiger partial charge in [-0.3, -0.25) is 9.48 Å². The summed E-state index contributed by atoms with van der Waals surface area (Å²) in [7, 11) is 7.97. The Labute approximate surface area is 174 Å². The van der Waals surface area contributed by atoms with E-state index in [1.54, 1.807) is 18.2 Å². The minimum Gasteiger partial charge on any atom is -0.467 e. The largest absolute Gasteiger partial charge is 0.467 e. The first kappa shape index (κ1) is 21.6. The summed E-state index contributed by atoms with van der Waals surface area (Å²) in [6.07, 6.45) is 4.49. The van der Waals surface area contributed by atoms with E-state index in [1.165, 1.54) is 5.69 Å². The number of hydrogen-bond donors (Lipinski definition) is 1. The summed E-state index contributed by atoms with van der Waals surface area (Å²) < 4.78 is 7.27. The lowest BCUT2D eigenvalue weighted by molar-refractivity contribution is 0.0767. The Morgan fingerprint density at radius 1 is 1.38 bits per heavy atom. The van der Waals surface area contributed by atoms with Gasteiger partial charge >= 0.3 is 0 Å². The van der Waals surface area contributed by atoms with Gasteiger partial charge in [-0.05, 0) is 50.9 Å². The third kappa shape index (κ3) is 5.28. The van der Waals surface area contributed by atoms with Crippen LogP contribution in [0.2, 0.25) is 0 Å². The lowest BCUT2D eigenvalue weighted by Crippen LogP contribution is -2.44. The van der Waals surface area contributed by atoms with Crippen molar-refractivity contribution in [1.82, 2.24) is 24.9 Å². The number of furan rings is 1. The Bertz CT molecular complexity index is 823. The molecule has 0 aromatic carbocycles. The molecule has 0 saturated heterocycles. The smallest absolute Gasteiger partial charge is 0.274 e. The Morgan fingerprint density at radius 3 is 2.79 bits per heavy atom. The molecule has 2 aromatic heterocycles. The summed E-state index contributed by atoms with van der Waals surface area (Å²) in [6.45, 7) is 7.00. The number of carbonyl (C=O) groups is 1. The van der Waals surface area contributed by atoms with Crippen LogP contribution in [0.4, 0.5) is 0 Å². The molecule has 2 aromatic rings. The van der Waals surface area contributed by atoms with Gasteiger partial charge in [0.25, 0.3) is 5.91 Å². The van der Waals surface area contributed by atoms with Gasteiger partial charge in [-0.15, -0.1) is 0 Å². The maximum atomic E-state index is 13.1. The van der Waals surface area contributed by atoms with Crippen LogP contribution in [0.25, 0.3) is 0 Å². The first-order chi connectivity index (χ1) is 13.7. The van der Waals surface area contributed by atoms with Crippen molar-refractivity contribution in [2.75, 3.05) is 34.2 Å². The minimum atomic E-state index is -0.0492. The number of aromatic nitrogens is 2. The van der Waals surface area contributed by atoms with E-state index in [0.29, 0.717) is 18.3 Å². The summed E-state index contributed by atoms with van der Waals surface area (Å²) in [5.74, 6) is 0.722. The van der Waals surface area contributed by atoms with Crippen molar-refractivity contribution in [3.05, 3.63) is 41.1 Å². The molecule has 29 heavy (non-hydrogen) atoms. The van der Waals surface area contributed by atoms with Crippen LogP contribution in [0.1, 0.15) is 47.8 Å². The second kappa shape index (κ2) is 8.71. The second-order valence-corrected chi connectivity index (χ2v) is 9.36. The summed E-state index contributed by atoms with van der Waals surface area (Å²) in [5, 5.41) is 8.33. The molecule has 1 aliphatic rings. The summed E-state index contributed by atoms with van der Waals surface area (Å²) in [6, 6.07) is 4.09. The van der Waals surface area contributed by atoms with Crippen LogP contribution in [0.15, 0.2) is 22.8 Å². The lowest BCUT2D eigenvalue weighted by atomic mass is 9.88. The average Bonchev–Trinajstić information content (AvgIpc) is 3.26. The number of carbonyl (C=O) groups excluding carboxylic acids is 1. The van der Waals surface area contributed by atoms with Gasteiger partial charge < -0.3 is 19.5 Å². The zero-order valence-corrected chi connectivity index (χ0v) is 18.7. The molecule has 7 nitrogen and oxygen atoms in total. The molecule has 0 fully saturated rings. The molecule has 1 amide bonds. The van der Waals surface area contributed by atoms with Gasteiger partial charge in [0.1, 0.15) is 5.76 Å². The topological polar surface area (TPSA) is 66.5 Å². The summed E-state index contributed by atoms with van der Waals surface area (Å²) in [5.41, 5.74) is 3.06. The molecule has 160 valence electrons. The maximum absolute atomic E-state index is 13.1. The van der Waals surface area contributed by atoms with Crippen LogP contribution in [0, 0.1) is 5.41 Å². The third-order valence-electron chi connectivity index (χ3n) is 5.59. The van der Waals surface area contributed by atoms with Gasteiger partial charge in [-0.1, -0.05) is 13.8 Å². The zero-order chi connectivity index (χ0) is 21.2. The molecule has 0 radical (unpaired) electrons. The number of rotatable bonds is 8. The van der Waals surface area contributed by atoms with Crippen molar-refractivity contribution in [2.45, 2.75) is 45.7 Å². The van der Waals surface area contributed by atoms with E-state index in [4.69, 9.17) is 4.42 Å². The molecular weight excluding hydrogens is 366 g/mol. The van der Waals surface area contributed by atoms with Crippen molar-refractivity contribution in [2.24, 2.45) is 12.5 Å². The fourth-order valence-electron chi connectivity index (χ4n) is 4.36. The van der Waals surface area contributed by atoms with E-state index < -0.39 is 0 Å². The third-order valence-corrected chi connectivity index (χ3v) is 5.59. The van der Waals surface area contributed by atoms with E-state index >= 15 is 0 Å². The molecular formula is C22H35N5O2. The Kier molecular flexibility index (Phi) is 6.49. The van der Waals surface area contributed by atoms with E-state index in [1.807, 2.05) is 23.9 Å². The van der Waals surface area contributed by atoms with Crippen molar-refractivity contribution in [3.8, 4) is 0 Å². The van der Waals surface area contributed by atoms with Crippen LogP contribution in [0.3, 0.4) is 0 Å². The van der Waals surface area contributed by atoms with Crippen molar-refractivity contribution >= 4 is 5.91 Å². The number of nitrogens with zero attached hydrogens (tertiary/aromatic N) is 4. The van der Waals surface area contributed by atoms with Crippen LogP contribution >= 0.6 is 0 Å². The molecule has 0 unspecified atom stereocenters. The first-order valence-electron chi connectivity index (χ1n) is 10.4. The van der Waals surface area contributed by atoms with E-state index in [2.05, 4.69) is 43.3 Å². The maximum Gasteiger partial charge on any atom is 0.274 e. The molecule has 0 bridgehead atoms. The van der Waals surface area contributed by atoms with E-state index in [9.17, 15) is 4.79 Å². The predicted molar refractivity (Wildman–Crippen MR) is 114 cm³/mol. The van der Waals surface area contributed by atoms with Crippen LogP contribution in [-0.2, 0) is 26.4 Å². The number of fused-ring (bicyclic) bond motifs is 1. The summed E-state index contributed by atoms with van der Waals surface area (Å²) in [4.78, 5) is 17.0. The standard InChI is InChI=1S/C22H35N5O2/c1-22(2,15-25(3)4)14-23-16-9-10-19-18(12-16)20(24-27(19)6)21(28)26(5)13-17-8-7-11-29-17/h7-8,11,16,23H,9-10,12-15H2,1-6H3/t16-/m1/s1. The average molecular weight is 402 g/mol. The normalized spacial score (nSPS) is 16.9. The van der Waals surface area contributed by atoms with Crippen LogP contribution < -0.4 is 5.32 Å². The fraction of sp³-hybridized carbons (Fsp3) is 0.636. The second-order valence-electron chi connectivity index (χ2n) is 9.36. The van der Waals surface area contributed by atoms with Crippen LogP contribution in [-0.4, -0.2) is 65.8 Å². The highest BCUT2D eigenvalue weighted by Crippen LogP contribution is 2.26. The van der Waals surface area contributed by atoms with Gasteiger partial charge in [0.05, 0.1) is 12.8 Å². The van der Waals surface area contributed by atoms with E-state index in [0.717, 1.165) is 43.7 Å². The number of amides is 1. The Balaban J connectivity index is 1.68. The molecule has 0 saturated carbocycles. The predicted octanol–water partition coefficient (Wildman–Crippen LogP) is 2.32. The highest BCUT2D eigenvalue weighted by molar-refractivity contribution is 5.94.